The van der Waals surface area contributed by atoms with Crippen molar-refractivity contribution in [1.29, 1.82) is 0 Å². The second kappa shape index (κ2) is 8.73. The number of hydrogen-bond donors (Lipinski definition) is 2. The minimum absolute atomic E-state index is 0.208. The monoisotopic (exact) mass is 493 g/mol. The van der Waals surface area contributed by atoms with Gasteiger partial charge in [0, 0.05) is 34.1 Å². The lowest BCUT2D eigenvalue weighted by molar-refractivity contribution is 0.700. The highest BCUT2D eigenvalue weighted by Gasteiger charge is 2.15. The Kier molecular flexibility index (Phi) is 5.60. The third-order valence-corrected chi connectivity index (χ3v) is 5.79. The van der Waals surface area contributed by atoms with E-state index in [1.807, 2.05) is 13.0 Å². The summed E-state index contributed by atoms with van der Waals surface area (Å²) in [4.78, 5) is 24.8. The van der Waals surface area contributed by atoms with Crippen molar-refractivity contribution in [3.8, 4) is 28.1 Å². The average molecular weight is 494 g/mol. The molecule has 4 heterocycles. The molecule has 0 saturated heterocycles. The first-order chi connectivity index (χ1) is 16.4. The van der Waals surface area contributed by atoms with Crippen LogP contribution in [0, 0.1) is 6.92 Å². The first-order valence-electron chi connectivity index (χ1n) is 10.1. The van der Waals surface area contributed by atoms with E-state index < -0.39 is 0 Å². The van der Waals surface area contributed by atoms with Crippen molar-refractivity contribution in [2.45, 2.75) is 13.5 Å². The van der Waals surface area contributed by atoms with Crippen LogP contribution in [0.15, 0.2) is 59.8 Å². The predicted octanol–water partition coefficient (Wildman–Crippen LogP) is 3.52. The zero-order valence-electron chi connectivity index (χ0n) is 17.8. The molecule has 12 heteroatoms. The fourth-order valence-corrected chi connectivity index (χ4v) is 4.09. The molecule has 0 fully saturated rings. The number of imidazole rings is 1. The summed E-state index contributed by atoms with van der Waals surface area (Å²) in [6.07, 6.45) is 3.08. The molecule has 0 aliphatic carbocycles. The Bertz CT molecular complexity index is 1540. The van der Waals surface area contributed by atoms with E-state index >= 15 is 0 Å². The molecule has 5 aromatic rings. The molecule has 4 aromatic heterocycles. The molecule has 1 aromatic carbocycles. The summed E-state index contributed by atoms with van der Waals surface area (Å²) in [5, 5.41) is 12.2. The predicted molar refractivity (Wildman–Crippen MR) is 129 cm³/mol. The molecule has 0 aliphatic heterocycles. The van der Waals surface area contributed by atoms with Crippen molar-refractivity contribution in [2.75, 3.05) is 5.73 Å². The van der Waals surface area contributed by atoms with Gasteiger partial charge in [-0.2, -0.15) is 4.68 Å². The zero-order valence-corrected chi connectivity index (χ0v) is 19.3. The summed E-state index contributed by atoms with van der Waals surface area (Å²) < 4.78 is 3.12. The van der Waals surface area contributed by atoms with Crippen LogP contribution < -0.4 is 11.3 Å². The number of nitrogens with zero attached hydrogens (tertiary/aromatic N) is 7. The van der Waals surface area contributed by atoms with Gasteiger partial charge in [0.2, 0.25) is 0 Å². The number of nitrogens with one attached hydrogen (secondary N) is 1. The van der Waals surface area contributed by atoms with E-state index in [4.69, 9.17) is 28.9 Å². The number of rotatable bonds is 5. The van der Waals surface area contributed by atoms with E-state index in [-0.39, 0.29) is 12.1 Å². The van der Waals surface area contributed by atoms with Crippen LogP contribution in [0.4, 0.5) is 5.82 Å². The molecule has 0 atom stereocenters. The highest BCUT2D eigenvalue weighted by atomic mass is 35.5. The van der Waals surface area contributed by atoms with Crippen LogP contribution in [0.2, 0.25) is 10.2 Å². The summed E-state index contributed by atoms with van der Waals surface area (Å²) in [5.74, 6) is 0.938. The number of benzene rings is 1. The standard InChI is InChI=1S/C22H17Cl2N9O/c1-12-6-14(16-8-15(23)3-4-17(16)33-11-27-30-31-33)7-20(34)32(12)10-19-28-21(22(24)29-19)13-2-5-18(25)26-9-13/h2-9,11H,10H2,1H3,(H2,25,26)(H,28,29). The van der Waals surface area contributed by atoms with E-state index in [1.54, 1.807) is 47.2 Å². The lowest BCUT2D eigenvalue weighted by atomic mass is 10.0. The first-order valence-corrected chi connectivity index (χ1v) is 10.9. The molecule has 0 amide bonds. The summed E-state index contributed by atoms with van der Waals surface area (Å²) >= 11 is 12.6. The van der Waals surface area contributed by atoms with Gasteiger partial charge in [0.05, 0.1) is 12.2 Å². The summed E-state index contributed by atoms with van der Waals surface area (Å²) in [6, 6.07) is 12.2. The number of aromatic nitrogens is 8. The quantitative estimate of drug-likeness (QED) is 0.382. The summed E-state index contributed by atoms with van der Waals surface area (Å²) in [7, 11) is 0. The summed E-state index contributed by atoms with van der Waals surface area (Å²) in [6.45, 7) is 2.06. The maximum Gasteiger partial charge on any atom is 0.251 e. The number of anilines is 1. The van der Waals surface area contributed by atoms with Crippen molar-refractivity contribution < 1.29 is 0 Å². The Morgan fingerprint density at radius 2 is 1.94 bits per heavy atom. The fourth-order valence-electron chi connectivity index (χ4n) is 3.66. The normalized spacial score (nSPS) is 11.1. The van der Waals surface area contributed by atoms with Crippen molar-refractivity contribution >= 4 is 29.0 Å². The summed E-state index contributed by atoms with van der Waals surface area (Å²) in [5.41, 5.74) is 9.55. The maximum absolute atomic E-state index is 13.1. The molecule has 170 valence electrons. The number of aryl methyl sites for hydroxylation is 1. The molecule has 0 bridgehead atoms. The van der Waals surface area contributed by atoms with E-state index in [0.29, 0.717) is 38.8 Å². The SMILES string of the molecule is Cc1cc(-c2cc(Cl)ccc2-n2cnnn2)cc(=O)n1Cc1nc(-c2ccc(N)nc2)c(Cl)[nH]1. The molecule has 0 aliphatic rings. The third kappa shape index (κ3) is 4.16. The van der Waals surface area contributed by atoms with E-state index in [1.165, 1.54) is 11.0 Å². The van der Waals surface area contributed by atoms with Crippen LogP contribution in [0.3, 0.4) is 0 Å². The highest BCUT2D eigenvalue weighted by Crippen LogP contribution is 2.29. The molecule has 0 saturated carbocycles. The number of nitrogens with two attached hydrogens (primary N) is 1. The number of pyridine rings is 2. The highest BCUT2D eigenvalue weighted by molar-refractivity contribution is 6.32. The van der Waals surface area contributed by atoms with Crippen molar-refractivity contribution in [3.05, 3.63) is 87.0 Å². The molecular formula is C22H17Cl2N9O. The van der Waals surface area contributed by atoms with Gasteiger partial charge in [0.25, 0.3) is 5.56 Å². The number of hydrogen-bond acceptors (Lipinski definition) is 7. The van der Waals surface area contributed by atoms with Gasteiger partial charge in [-0.1, -0.05) is 23.2 Å². The zero-order chi connectivity index (χ0) is 23.8. The van der Waals surface area contributed by atoms with Crippen molar-refractivity contribution in [1.82, 2.24) is 39.7 Å². The Labute approximate surface area is 203 Å². The molecule has 0 spiro atoms. The second-order valence-corrected chi connectivity index (χ2v) is 8.36. The van der Waals surface area contributed by atoms with Crippen LogP contribution in [-0.2, 0) is 6.54 Å². The Hall–Kier alpha value is -4.02. The van der Waals surface area contributed by atoms with Crippen LogP contribution >= 0.6 is 23.2 Å². The topological polar surface area (TPSA) is 133 Å². The van der Waals surface area contributed by atoms with Gasteiger partial charge in [-0.05, 0) is 59.3 Å². The van der Waals surface area contributed by atoms with Gasteiger partial charge in [-0.15, -0.1) is 5.10 Å². The average Bonchev–Trinajstić information content (AvgIpc) is 3.47. The Balaban J connectivity index is 1.50. The minimum Gasteiger partial charge on any atom is -0.384 e. The van der Waals surface area contributed by atoms with Crippen molar-refractivity contribution in [3.63, 3.8) is 0 Å². The number of H-pyrrole nitrogens is 1. The Morgan fingerprint density at radius 1 is 1.09 bits per heavy atom. The maximum atomic E-state index is 13.1. The molecule has 0 unspecified atom stereocenters. The van der Waals surface area contributed by atoms with Crippen LogP contribution in [-0.4, -0.2) is 39.7 Å². The van der Waals surface area contributed by atoms with Crippen molar-refractivity contribution in [2.24, 2.45) is 0 Å². The lowest BCUT2D eigenvalue weighted by Gasteiger charge is -2.13. The first kappa shape index (κ1) is 21.8. The lowest BCUT2D eigenvalue weighted by Crippen LogP contribution is -2.23. The minimum atomic E-state index is -0.208. The van der Waals surface area contributed by atoms with Gasteiger partial charge in [0.1, 0.15) is 28.8 Å². The number of nitrogen functional groups attached to an aromatic ring is 1. The largest absolute Gasteiger partial charge is 0.384 e. The fraction of sp³-hybridized carbons (Fsp3) is 0.0909. The van der Waals surface area contributed by atoms with E-state index in [2.05, 4.69) is 30.5 Å². The molecule has 0 radical (unpaired) electrons. The van der Waals surface area contributed by atoms with Gasteiger partial charge in [-0.3, -0.25) is 4.79 Å². The molecule has 10 nitrogen and oxygen atoms in total. The number of halogens is 2. The molecule has 34 heavy (non-hydrogen) atoms. The van der Waals surface area contributed by atoms with Crippen LogP contribution in [0.5, 0.6) is 0 Å². The van der Waals surface area contributed by atoms with Gasteiger partial charge >= 0.3 is 0 Å². The van der Waals surface area contributed by atoms with Gasteiger partial charge < -0.3 is 15.3 Å². The van der Waals surface area contributed by atoms with Crippen LogP contribution in [0.1, 0.15) is 11.5 Å². The second-order valence-electron chi connectivity index (χ2n) is 7.54. The smallest absolute Gasteiger partial charge is 0.251 e. The molecule has 3 N–H and O–H groups in total. The van der Waals surface area contributed by atoms with Gasteiger partial charge in [0.15, 0.2) is 0 Å². The van der Waals surface area contributed by atoms with Gasteiger partial charge in [-0.25, -0.2) is 9.97 Å². The van der Waals surface area contributed by atoms with E-state index in [9.17, 15) is 4.79 Å². The molecule has 5 rings (SSSR count). The number of aromatic amines is 1. The Morgan fingerprint density at radius 3 is 2.65 bits per heavy atom. The van der Waals surface area contributed by atoms with Crippen LogP contribution in [0.25, 0.3) is 28.1 Å². The van der Waals surface area contributed by atoms with E-state index in [0.717, 1.165) is 16.8 Å². The third-order valence-electron chi connectivity index (χ3n) is 5.28. The number of tetrazole rings is 1. The molecular weight excluding hydrogens is 477 g/mol.